The van der Waals surface area contributed by atoms with Gasteiger partial charge in [-0.2, -0.15) is 0 Å². The zero-order valence-corrected chi connectivity index (χ0v) is 8.72. The normalized spacial score (nSPS) is 9.62. The maximum Gasteiger partial charge on any atom is 0.341 e. The summed E-state index contributed by atoms with van der Waals surface area (Å²) in [5.74, 6) is -0.904. The molecule has 0 saturated heterocycles. The highest BCUT2D eigenvalue weighted by Gasteiger charge is 2.24. The van der Waals surface area contributed by atoms with E-state index in [0.717, 1.165) is 13.2 Å². The van der Waals surface area contributed by atoms with Crippen LogP contribution in [0.5, 0.6) is 5.75 Å². The molecule has 0 unspecified atom stereocenters. The third-order valence-corrected chi connectivity index (χ3v) is 1.90. The Bertz CT molecular complexity index is 444. The Labute approximate surface area is 90.9 Å². The van der Waals surface area contributed by atoms with Crippen molar-refractivity contribution in [1.29, 1.82) is 0 Å². The van der Waals surface area contributed by atoms with Crippen molar-refractivity contribution in [2.45, 2.75) is 0 Å². The van der Waals surface area contributed by atoms with Crippen molar-refractivity contribution in [3.8, 4) is 5.75 Å². The number of ether oxygens (including phenoxy) is 2. The van der Waals surface area contributed by atoms with E-state index in [0.29, 0.717) is 0 Å². The molecule has 0 aliphatic carbocycles. The van der Waals surface area contributed by atoms with Gasteiger partial charge in [0.1, 0.15) is 5.56 Å². The summed E-state index contributed by atoms with van der Waals surface area (Å²) in [4.78, 5) is 21.4. The summed E-state index contributed by atoms with van der Waals surface area (Å²) in [5.41, 5.74) is 5.09. The van der Waals surface area contributed by atoms with Crippen LogP contribution in [0.1, 0.15) is 10.4 Å². The van der Waals surface area contributed by atoms with Gasteiger partial charge in [0.2, 0.25) is 5.75 Å². The molecule has 0 fully saturated rings. The number of nitrogen functional groups attached to an aromatic ring is 1. The Balaban J connectivity index is 3.48. The van der Waals surface area contributed by atoms with Gasteiger partial charge in [0.15, 0.2) is 0 Å². The van der Waals surface area contributed by atoms with Crippen LogP contribution in [0, 0.1) is 10.1 Å². The van der Waals surface area contributed by atoms with Crippen LogP contribution in [-0.4, -0.2) is 25.1 Å². The summed E-state index contributed by atoms with van der Waals surface area (Å²) in [6.45, 7) is 0. The molecule has 1 rings (SSSR count). The molecule has 0 radical (unpaired) electrons. The average molecular weight is 226 g/mol. The molecule has 1 aromatic carbocycles. The summed E-state index contributed by atoms with van der Waals surface area (Å²) in [7, 11) is 2.39. The first-order chi connectivity index (χ1) is 7.51. The number of hydrogen-bond donors (Lipinski definition) is 1. The molecule has 2 N–H and O–H groups in total. The molecular weight excluding hydrogens is 216 g/mol. The van der Waals surface area contributed by atoms with Crippen molar-refractivity contribution in [1.82, 2.24) is 0 Å². The van der Waals surface area contributed by atoms with Gasteiger partial charge in [0.05, 0.1) is 19.1 Å². The Hall–Kier alpha value is -2.31. The molecular formula is C9H10N2O5. The van der Waals surface area contributed by atoms with E-state index in [4.69, 9.17) is 10.5 Å². The number of nitrogens with zero attached hydrogens (tertiary/aromatic N) is 1. The van der Waals surface area contributed by atoms with Crippen LogP contribution in [0.3, 0.4) is 0 Å². The maximum absolute atomic E-state index is 11.3. The number of benzene rings is 1. The molecule has 0 atom stereocenters. The molecule has 1 aromatic rings. The number of nitro groups is 1. The minimum absolute atomic E-state index is 0.0725. The molecule has 7 heteroatoms. The first-order valence-electron chi connectivity index (χ1n) is 4.21. The lowest BCUT2D eigenvalue weighted by Crippen LogP contribution is -2.07. The van der Waals surface area contributed by atoms with E-state index in [1.54, 1.807) is 0 Å². The van der Waals surface area contributed by atoms with Gasteiger partial charge < -0.3 is 15.2 Å². The Morgan fingerprint density at radius 1 is 1.44 bits per heavy atom. The molecule has 0 heterocycles. The number of hydrogen-bond acceptors (Lipinski definition) is 6. The van der Waals surface area contributed by atoms with Gasteiger partial charge in [0.25, 0.3) is 0 Å². The molecule has 0 bridgehead atoms. The zero-order chi connectivity index (χ0) is 12.3. The van der Waals surface area contributed by atoms with E-state index in [-0.39, 0.29) is 22.7 Å². The van der Waals surface area contributed by atoms with Crippen LogP contribution in [-0.2, 0) is 4.74 Å². The fourth-order valence-corrected chi connectivity index (χ4v) is 1.25. The standard InChI is InChI=1S/C9H10N2O5/c1-15-8-6(9(12)16-2)3-5(10)4-7(8)11(13)14/h3-4H,10H2,1-2H3. The maximum atomic E-state index is 11.3. The summed E-state index contributed by atoms with van der Waals surface area (Å²) < 4.78 is 9.29. The lowest BCUT2D eigenvalue weighted by Gasteiger charge is -2.08. The summed E-state index contributed by atoms with van der Waals surface area (Å²) in [6.07, 6.45) is 0. The first kappa shape index (κ1) is 11.8. The smallest absolute Gasteiger partial charge is 0.341 e. The van der Waals surface area contributed by atoms with Crippen LogP contribution in [0.4, 0.5) is 11.4 Å². The van der Waals surface area contributed by atoms with Crippen molar-refractivity contribution in [2.75, 3.05) is 20.0 Å². The van der Waals surface area contributed by atoms with E-state index in [2.05, 4.69) is 4.74 Å². The van der Waals surface area contributed by atoms with E-state index >= 15 is 0 Å². The second-order valence-corrected chi connectivity index (χ2v) is 2.87. The van der Waals surface area contributed by atoms with Crippen LogP contribution in [0.25, 0.3) is 0 Å². The van der Waals surface area contributed by atoms with Gasteiger partial charge in [-0.3, -0.25) is 10.1 Å². The Kier molecular flexibility index (Phi) is 3.29. The molecule has 0 amide bonds. The molecule has 0 aliphatic heterocycles. The monoisotopic (exact) mass is 226 g/mol. The number of esters is 1. The lowest BCUT2D eigenvalue weighted by molar-refractivity contribution is -0.385. The van der Waals surface area contributed by atoms with E-state index in [1.807, 2.05) is 0 Å². The molecule has 0 saturated carbocycles. The van der Waals surface area contributed by atoms with Crippen molar-refractivity contribution < 1.29 is 19.2 Å². The number of rotatable bonds is 3. The van der Waals surface area contributed by atoms with Crippen molar-refractivity contribution in [3.63, 3.8) is 0 Å². The molecule has 16 heavy (non-hydrogen) atoms. The number of carbonyl (C=O) groups excluding carboxylic acids is 1. The highest BCUT2D eigenvalue weighted by molar-refractivity contribution is 5.95. The number of nitro benzene ring substituents is 1. The van der Waals surface area contributed by atoms with Crippen LogP contribution in [0.15, 0.2) is 12.1 Å². The SMILES string of the molecule is COC(=O)c1cc(N)cc([N+](=O)[O-])c1OC. The van der Waals surface area contributed by atoms with E-state index < -0.39 is 10.9 Å². The predicted octanol–water partition coefficient (Wildman–Crippen LogP) is 0.972. The minimum atomic E-state index is -0.743. The van der Waals surface area contributed by atoms with Gasteiger partial charge in [0, 0.05) is 11.8 Å². The third-order valence-electron chi connectivity index (χ3n) is 1.90. The number of anilines is 1. The second-order valence-electron chi connectivity index (χ2n) is 2.87. The molecule has 7 nitrogen and oxygen atoms in total. The lowest BCUT2D eigenvalue weighted by atomic mass is 10.1. The fourth-order valence-electron chi connectivity index (χ4n) is 1.25. The van der Waals surface area contributed by atoms with Gasteiger partial charge in [-0.05, 0) is 6.07 Å². The Morgan fingerprint density at radius 3 is 2.50 bits per heavy atom. The van der Waals surface area contributed by atoms with Crippen LogP contribution >= 0.6 is 0 Å². The minimum Gasteiger partial charge on any atom is -0.490 e. The predicted molar refractivity (Wildman–Crippen MR) is 55.4 cm³/mol. The molecule has 86 valence electrons. The second kappa shape index (κ2) is 4.47. The third kappa shape index (κ3) is 2.02. The van der Waals surface area contributed by atoms with Gasteiger partial charge >= 0.3 is 11.7 Å². The number of methoxy groups -OCH3 is 2. The Morgan fingerprint density at radius 2 is 2.06 bits per heavy atom. The van der Waals surface area contributed by atoms with Gasteiger partial charge in [-0.1, -0.05) is 0 Å². The molecule has 0 aromatic heterocycles. The number of nitrogens with two attached hydrogens (primary N) is 1. The highest BCUT2D eigenvalue weighted by Crippen LogP contribution is 2.33. The van der Waals surface area contributed by atoms with E-state index in [1.165, 1.54) is 13.2 Å². The zero-order valence-electron chi connectivity index (χ0n) is 8.72. The molecule has 0 spiro atoms. The fraction of sp³-hybridized carbons (Fsp3) is 0.222. The van der Waals surface area contributed by atoms with Gasteiger partial charge in [-0.25, -0.2) is 4.79 Å². The summed E-state index contributed by atoms with van der Waals surface area (Å²) >= 11 is 0. The van der Waals surface area contributed by atoms with Crippen LogP contribution < -0.4 is 10.5 Å². The van der Waals surface area contributed by atoms with E-state index in [9.17, 15) is 14.9 Å². The van der Waals surface area contributed by atoms with Gasteiger partial charge in [-0.15, -0.1) is 0 Å². The average Bonchev–Trinajstić information content (AvgIpc) is 2.26. The highest BCUT2D eigenvalue weighted by atomic mass is 16.6. The van der Waals surface area contributed by atoms with Crippen molar-refractivity contribution in [3.05, 3.63) is 27.8 Å². The summed E-state index contributed by atoms with van der Waals surface area (Å²) in [5, 5.41) is 10.7. The summed E-state index contributed by atoms with van der Waals surface area (Å²) in [6, 6.07) is 2.38. The van der Waals surface area contributed by atoms with Crippen molar-refractivity contribution >= 4 is 17.3 Å². The topological polar surface area (TPSA) is 105 Å². The molecule has 0 aliphatic rings. The quantitative estimate of drug-likeness (QED) is 0.356. The first-order valence-corrected chi connectivity index (χ1v) is 4.21. The largest absolute Gasteiger partial charge is 0.490 e. The number of carbonyl (C=O) groups is 1. The van der Waals surface area contributed by atoms with Crippen LogP contribution in [0.2, 0.25) is 0 Å². The van der Waals surface area contributed by atoms with Crippen molar-refractivity contribution in [2.24, 2.45) is 0 Å².